The van der Waals surface area contributed by atoms with Crippen LogP contribution in [0.15, 0.2) is 57.9 Å². The highest BCUT2D eigenvalue weighted by atomic mass is 79.9. The topological polar surface area (TPSA) is 109 Å². The van der Waals surface area contributed by atoms with Crippen LogP contribution in [0.1, 0.15) is 13.8 Å². The van der Waals surface area contributed by atoms with E-state index in [1.165, 1.54) is 26.0 Å². The molecule has 0 bridgehead atoms. The molecule has 0 spiro atoms. The Morgan fingerprint density at radius 3 is 2.03 bits per heavy atom. The van der Waals surface area contributed by atoms with E-state index in [4.69, 9.17) is 0 Å². The van der Waals surface area contributed by atoms with E-state index in [1.54, 1.807) is 12.1 Å². The van der Waals surface area contributed by atoms with Crippen LogP contribution in [0.3, 0.4) is 0 Å². The maximum atomic E-state index is 13.2. The van der Waals surface area contributed by atoms with Gasteiger partial charge in [-0.25, -0.2) is 16.8 Å². The molecule has 1 fully saturated rings. The zero-order chi connectivity index (χ0) is 21.6. The molecule has 1 atom stereocenters. The number of rotatable bonds is 4. The molecule has 0 saturated carbocycles. The van der Waals surface area contributed by atoms with Gasteiger partial charge in [0.15, 0.2) is 9.84 Å². The maximum absolute atomic E-state index is 13.2. The maximum Gasteiger partial charge on any atom is 0.323 e. The molecule has 1 heterocycles. The van der Waals surface area contributed by atoms with Gasteiger partial charge < -0.3 is 5.11 Å². The number of carboxylic acids is 1. The Morgan fingerprint density at radius 1 is 1.07 bits per heavy atom. The normalized spacial score (nSPS) is 21.6. The molecule has 0 radical (unpaired) electrons. The Morgan fingerprint density at radius 2 is 1.55 bits per heavy atom. The van der Waals surface area contributed by atoms with Crippen molar-refractivity contribution in [3.63, 3.8) is 0 Å². The summed E-state index contributed by atoms with van der Waals surface area (Å²) in [5.74, 6) is -1.92. The Labute approximate surface area is 178 Å². The molecule has 0 unspecified atom stereocenters. The number of hydrogen-bond donors (Lipinski definition) is 1. The first kappa shape index (κ1) is 21.9. The van der Waals surface area contributed by atoms with Crippen LogP contribution in [0.4, 0.5) is 0 Å². The number of nitrogens with zero attached hydrogens (tertiary/aromatic N) is 1. The second-order valence-corrected chi connectivity index (χ2v) is 12.8. The number of aliphatic carboxylic acids is 1. The predicted molar refractivity (Wildman–Crippen MR) is 113 cm³/mol. The molecule has 3 rings (SSSR count). The smallest absolute Gasteiger partial charge is 0.323 e. The fourth-order valence-electron chi connectivity index (χ4n) is 3.40. The molecule has 0 aliphatic carbocycles. The van der Waals surface area contributed by atoms with Gasteiger partial charge in [0.05, 0.1) is 15.4 Å². The number of halogens is 1. The van der Waals surface area contributed by atoms with Gasteiger partial charge in [-0.3, -0.25) is 4.79 Å². The number of hydrogen-bond acceptors (Lipinski definition) is 5. The SMILES string of the molecule is CC1(C)[C@H](C(=O)O)N(S(=O)(=O)c2ccc(-c3ccc(Br)cc3)cc2)CCS1(=O)=O. The van der Waals surface area contributed by atoms with Crippen molar-refractivity contribution in [1.82, 2.24) is 4.31 Å². The Kier molecular flexibility index (Phi) is 5.67. The van der Waals surface area contributed by atoms with Gasteiger partial charge in [-0.2, -0.15) is 4.31 Å². The highest BCUT2D eigenvalue weighted by Crippen LogP contribution is 2.35. The van der Waals surface area contributed by atoms with Crippen LogP contribution in [-0.4, -0.2) is 55.3 Å². The molecule has 156 valence electrons. The van der Waals surface area contributed by atoms with E-state index in [-0.39, 0.29) is 4.90 Å². The largest absolute Gasteiger partial charge is 0.480 e. The molecule has 2 aromatic carbocycles. The molecule has 1 aliphatic rings. The van der Waals surface area contributed by atoms with Crippen LogP contribution in [0.2, 0.25) is 0 Å². The molecule has 2 aromatic rings. The van der Waals surface area contributed by atoms with Gasteiger partial charge in [-0.1, -0.05) is 40.2 Å². The average Bonchev–Trinajstić information content (AvgIpc) is 2.64. The minimum Gasteiger partial charge on any atom is -0.480 e. The Hall–Kier alpha value is -1.75. The standard InChI is InChI=1S/C19H20BrNO6S2/c1-19(2)17(18(22)23)21(11-12-28(19,24)25)29(26,27)16-9-5-14(6-10-16)13-3-7-15(20)8-4-13/h3-10,17H,11-12H2,1-2H3,(H,22,23)/t17-/m0/s1. The fourth-order valence-corrected chi connectivity index (χ4v) is 7.09. The Bertz CT molecular complexity index is 1140. The lowest BCUT2D eigenvalue weighted by molar-refractivity contribution is -0.142. The van der Waals surface area contributed by atoms with Crippen LogP contribution < -0.4 is 0 Å². The van der Waals surface area contributed by atoms with Crippen LogP contribution in [0, 0.1) is 0 Å². The van der Waals surface area contributed by atoms with E-state index in [0.29, 0.717) is 0 Å². The van der Waals surface area contributed by atoms with Gasteiger partial charge >= 0.3 is 5.97 Å². The second kappa shape index (κ2) is 7.50. The third-order valence-electron chi connectivity index (χ3n) is 5.20. The summed E-state index contributed by atoms with van der Waals surface area (Å²) < 4.78 is 51.0. The van der Waals surface area contributed by atoms with E-state index in [0.717, 1.165) is 19.9 Å². The van der Waals surface area contributed by atoms with Crippen molar-refractivity contribution in [3.05, 3.63) is 53.0 Å². The number of benzene rings is 2. The van der Waals surface area contributed by atoms with Crippen molar-refractivity contribution in [2.75, 3.05) is 12.3 Å². The Balaban J connectivity index is 1.99. The molecule has 0 aromatic heterocycles. The first-order chi connectivity index (χ1) is 13.4. The molecule has 29 heavy (non-hydrogen) atoms. The van der Waals surface area contributed by atoms with E-state index < -0.39 is 48.9 Å². The van der Waals surface area contributed by atoms with Gasteiger partial charge in [-0.05, 0) is 49.2 Å². The zero-order valence-electron chi connectivity index (χ0n) is 15.7. The summed E-state index contributed by atoms with van der Waals surface area (Å²) in [7, 11) is -7.97. The molecular weight excluding hydrogens is 482 g/mol. The van der Waals surface area contributed by atoms with Crippen molar-refractivity contribution in [2.24, 2.45) is 0 Å². The molecule has 0 amide bonds. The minimum absolute atomic E-state index is 0.0836. The third kappa shape index (κ3) is 3.86. The summed E-state index contributed by atoms with van der Waals surface area (Å²) in [5.41, 5.74) is 1.69. The average molecular weight is 502 g/mol. The molecule has 1 saturated heterocycles. The number of carbonyl (C=O) groups is 1. The summed E-state index contributed by atoms with van der Waals surface area (Å²) in [6, 6.07) is 11.9. The van der Waals surface area contributed by atoms with Crippen LogP contribution in [-0.2, 0) is 24.7 Å². The van der Waals surface area contributed by atoms with E-state index >= 15 is 0 Å². The molecule has 10 heteroatoms. The summed E-state index contributed by atoms with van der Waals surface area (Å²) in [6.07, 6.45) is 0. The quantitative estimate of drug-likeness (QED) is 0.689. The van der Waals surface area contributed by atoms with Crippen molar-refractivity contribution >= 4 is 41.8 Å². The summed E-state index contributed by atoms with van der Waals surface area (Å²) >= 11 is 3.36. The predicted octanol–water partition coefficient (Wildman–Crippen LogP) is 2.77. The lowest BCUT2D eigenvalue weighted by atomic mass is 10.0. The monoisotopic (exact) mass is 501 g/mol. The van der Waals surface area contributed by atoms with E-state index in [2.05, 4.69) is 15.9 Å². The van der Waals surface area contributed by atoms with Crippen molar-refractivity contribution in [1.29, 1.82) is 0 Å². The van der Waals surface area contributed by atoms with Gasteiger partial charge in [0.25, 0.3) is 0 Å². The summed E-state index contributed by atoms with van der Waals surface area (Å²) in [6.45, 7) is 2.10. The van der Waals surface area contributed by atoms with Crippen molar-refractivity contribution in [3.8, 4) is 11.1 Å². The third-order valence-corrected chi connectivity index (χ3v) is 10.2. The molecule has 7 nitrogen and oxygen atoms in total. The molecule has 1 N–H and O–H groups in total. The number of sulfone groups is 1. The highest BCUT2D eigenvalue weighted by molar-refractivity contribution is 9.10. The van der Waals surface area contributed by atoms with Gasteiger partial charge in [0.1, 0.15) is 6.04 Å². The van der Waals surface area contributed by atoms with Crippen LogP contribution in [0.25, 0.3) is 11.1 Å². The lowest BCUT2D eigenvalue weighted by Gasteiger charge is -2.42. The van der Waals surface area contributed by atoms with Crippen molar-refractivity contribution < 1.29 is 26.7 Å². The highest BCUT2D eigenvalue weighted by Gasteiger charge is 2.55. The number of carboxylic acid groups (broad SMARTS) is 1. The molecular formula is C19H20BrNO6S2. The van der Waals surface area contributed by atoms with Gasteiger partial charge in [-0.15, -0.1) is 0 Å². The zero-order valence-corrected chi connectivity index (χ0v) is 19.0. The first-order valence-electron chi connectivity index (χ1n) is 8.71. The molecule has 1 aliphatic heterocycles. The first-order valence-corrected chi connectivity index (χ1v) is 12.6. The summed E-state index contributed by atoms with van der Waals surface area (Å²) in [5, 5.41) is 9.63. The minimum atomic E-state index is -4.20. The van der Waals surface area contributed by atoms with Crippen LogP contribution in [0.5, 0.6) is 0 Å². The lowest BCUT2D eigenvalue weighted by Crippen LogP contribution is -2.64. The number of sulfonamides is 1. The fraction of sp³-hybridized carbons (Fsp3) is 0.316. The second-order valence-electron chi connectivity index (χ2n) is 7.31. The van der Waals surface area contributed by atoms with E-state index in [1.807, 2.05) is 24.3 Å². The van der Waals surface area contributed by atoms with Gasteiger partial charge in [0.2, 0.25) is 10.0 Å². The van der Waals surface area contributed by atoms with Crippen LogP contribution >= 0.6 is 15.9 Å². The summed E-state index contributed by atoms with van der Waals surface area (Å²) in [4.78, 5) is 11.8. The van der Waals surface area contributed by atoms with E-state index in [9.17, 15) is 26.7 Å². The van der Waals surface area contributed by atoms with Crippen molar-refractivity contribution in [2.45, 2.75) is 29.5 Å². The van der Waals surface area contributed by atoms with Gasteiger partial charge in [0, 0.05) is 11.0 Å².